The molecule has 1 saturated heterocycles. The Labute approximate surface area is 127 Å². The molecule has 1 heterocycles. The predicted octanol–water partition coefficient (Wildman–Crippen LogP) is 3.13. The molecule has 0 spiro atoms. The van der Waals surface area contributed by atoms with Crippen LogP contribution in [0.4, 0.5) is 4.79 Å². The van der Waals surface area contributed by atoms with Crippen molar-refractivity contribution < 1.29 is 9.53 Å². The lowest BCUT2D eigenvalue weighted by Crippen LogP contribution is -2.46. The number of ether oxygens (including phenoxy) is 1. The Morgan fingerprint density at radius 2 is 1.81 bits per heavy atom. The highest BCUT2D eigenvalue weighted by Gasteiger charge is 2.26. The van der Waals surface area contributed by atoms with E-state index in [0.29, 0.717) is 12.6 Å². The zero-order chi connectivity index (χ0) is 15.1. The van der Waals surface area contributed by atoms with Gasteiger partial charge < -0.3 is 14.5 Å². The molecule has 0 radical (unpaired) electrons. The minimum Gasteiger partial charge on any atom is -0.445 e. The van der Waals surface area contributed by atoms with Gasteiger partial charge in [-0.1, -0.05) is 44.2 Å². The monoisotopic (exact) mass is 290 g/mol. The zero-order valence-corrected chi connectivity index (χ0v) is 13.1. The van der Waals surface area contributed by atoms with E-state index in [4.69, 9.17) is 4.74 Å². The van der Waals surface area contributed by atoms with E-state index in [1.165, 1.54) is 0 Å². The average molecular weight is 290 g/mol. The number of hydrogen-bond acceptors (Lipinski definition) is 3. The fourth-order valence-corrected chi connectivity index (χ4v) is 2.96. The molecule has 1 fully saturated rings. The molecule has 0 saturated carbocycles. The lowest BCUT2D eigenvalue weighted by atomic mass is 10.0. The first-order valence-electron chi connectivity index (χ1n) is 7.94. The Kier molecular flexibility index (Phi) is 6.05. The highest BCUT2D eigenvalue weighted by Crippen LogP contribution is 2.17. The van der Waals surface area contributed by atoms with E-state index in [1.54, 1.807) is 0 Å². The van der Waals surface area contributed by atoms with Gasteiger partial charge in [0, 0.05) is 19.1 Å². The minimum absolute atomic E-state index is 0.183. The third-order valence-corrected chi connectivity index (χ3v) is 4.26. The van der Waals surface area contributed by atoms with Crippen molar-refractivity contribution in [1.29, 1.82) is 0 Å². The lowest BCUT2D eigenvalue weighted by Gasteiger charge is -2.37. The van der Waals surface area contributed by atoms with Crippen LogP contribution in [0.15, 0.2) is 30.3 Å². The summed E-state index contributed by atoms with van der Waals surface area (Å²) in [6, 6.07) is 10.4. The second-order valence-corrected chi connectivity index (χ2v) is 5.48. The molecule has 1 aromatic rings. The van der Waals surface area contributed by atoms with Crippen LogP contribution in [-0.4, -0.2) is 48.1 Å². The molecule has 21 heavy (non-hydrogen) atoms. The van der Waals surface area contributed by atoms with E-state index in [-0.39, 0.29) is 6.09 Å². The van der Waals surface area contributed by atoms with E-state index < -0.39 is 0 Å². The number of carbonyl (C=O) groups excluding carboxylic acids is 1. The highest BCUT2D eigenvalue weighted by molar-refractivity contribution is 5.67. The summed E-state index contributed by atoms with van der Waals surface area (Å²) in [7, 11) is 0. The van der Waals surface area contributed by atoms with Crippen LogP contribution in [0.2, 0.25) is 0 Å². The summed E-state index contributed by atoms with van der Waals surface area (Å²) in [4.78, 5) is 16.4. The van der Waals surface area contributed by atoms with Gasteiger partial charge in [0.2, 0.25) is 0 Å². The minimum atomic E-state index is -0.183. The summed E-state index contributed by atoms with van der Waals surface area (Å²) in [5.74, 6) is 0. The summed E-state index contributed by atoms with van der Waals surface area (Å²) < 4.78 is 5.39. The Morgan fingerprint density at radius 1 is 1.19 bits per heavy atom. The van der Waals surface area contributed by atoms with Gasteiger partial charge in [0.05, 0.1) is 0 Å². The van der Waals surface area contributed by atoms with Crippen molar-refractivity contribution in [3.8, 4) is 0 Å². The van der Waals surface area contributed by atoms with E-state index in [0.717, 1.165) is 44.6 Å². The van der Waals surface area contributed by atoms with Crippen molar-refractivity contribution in [3.63, 3.8) is 0 Å². The van der Waals surface area contributed by atoms with Crippen LogP contribution in [0.1, 0.15) is 32.3 Å². The third kappa shape index (κ3) is 4.46. The van der Waals surface area contributed by atoms with Gasteiger partial charge in [-0.05, 0) is 31.5 Å². The maximum Gasteiger partial charge on any atom is 0.410 e. The average Bonchev–Trinajstić information content (AvgIpc) is 2.55. The number of nitrogens with zero attached hydrogens (tertiary/aromatic N) is 2. The van der Waals surface area contributed by atoms with Crippen LogP contribution in [0.5, 0.6) is 0 Å². The summed E-state index contributed by atoms with van der Waals surface area (Å²) >= 11 is 0. The number of carbonyl (C=O) groups is 1. The fraction of sp³-hybridized carbons (Fsp3) is 0.588. The number of benzene rings is 1. The van der Waals surface area contributed by atoms with Crippen LogP contribution in [-0.2, 0) is 11.3 Å². The van der Waals surface area contributed by atoms with Crippen molar-refractivity contribution in [3.05, 3.63) is 35.9 Å². The summed E-state index contributed by atoms with van der Waals surface area (Å²) in [6.07, 6.45) is 1.90. The fourth-order valence-electron chi connectivity index (χ4n) is 2.96. The molecule has 4 heteroatoms. The van der Waals surface area contributed by atoms with Gasteiger partial charge >= 0.3 is 6.09 Å². The Bertz CT molecular complexity index is 424. The van der Waals surface area contributed by atoms with Gasteiger partial charge in [-0.3, -0.25) is 0 Å². The summed E-state index contributed by atoms with van der Waals surface area (Å²) in [6.45, 7) is 8.52. The molecule has 1 aliphatic heterocycles. The Hall–Kier alpha value is -1.55. The molecule has 0 bridgehead atoms. The van der Waals surface area contributed by atoms with E-state index in [2.05, 4.69) is 18.7 Å². The topological polar surface area (TPSA) is 32.8 Å². The number of piperidine rings is 1. The Morgan fingerprint density at radius 3 is 2.38 bits per heavy atom. The molecule has 0 unspecified atom stereocenters. The lowest BCUT2D eigenvalue weighted by molar-refractivity contribution is 0.0701. The molecular formula is C17H26N2O2. The first kappa shape index (κ1) is 15.8. The molecule has 4 nitrogen and oxygen atoms in total. The van der Waals surface area contributed by atoms with E-state index in [1.807, 2.05) is 35.2 Å². The van der Waals surface area contributed by atoms with Crippen molar-refractivity contribution in [2.45, 2.75) is 39.3 Å². The molecule has 0 aliphatic carbocycles. The van der Waals surface area contributed by atoms with Gasteiger partial charge in [0.1, 0.15) is 6.61 Å². The zero-order valence-electron chi connectivity index (χ0n) is 13.1. The van der Waals surface area contributed by atoms with Gasteiger partial charge in [0.15, 0.2) is 0 Å². The van der Waals surface area contributed by atoms with Crippen LogP contribution < -0.4 is 0 Å². The maximum atomic E-state index is 12.1. The Balaban J connectivity index is 1.75. The van der Waals surface area contributed by atoms with Crippen LogP contribution in [0.25, 0.3) is 0 Å². The molecule has 1 amide bonds. The third-order valence-electron chi connectivity index (χ3n) is 4.26. The molecule has 0 aromatic heterocycles. The maximum absolute atomic E-state index is 12.1. The molecular weight excluding hydrogens is 264 g/mol. The quantitative estimate of drug-likeness (QED) is 0.835. The molecule has 0 atom stereocenters. The molecule has 1 aliphatic rings. The number of amides is 1. The van der Waals surface area contributed by atoms with Gasteiger partial charge in [-0.25, -0.2) is 4.79 Å². The van der Waals surface area contributed by atoms with Gasteiger partial charge in [-0.2, -0.15) is 0 Å². The van der Waals surface area contributed by atoms with E-state index >= 15 is 0 Å². The molecule has 1 aromatic carbocycles. The second kappa shape index (κ2) is 8.03. The van der Waals surface area contributed by atoms with E-state index in [9.17, 15) is 4.79 Å². The van der Waals surface area contributed by atoms with Gasteiger partial charge in [0.25, 0.3) is 0 Å². The number of rotatable bonds is 5. The van der Waals surface area contributed by atoms with Crippen molar-refractivity contribution in [2.75, 3.05) is 26.2 Å². The first-order chi connectivity index (χ1) is 10.2. The predicted molar refractivity (Wildman–Crippen MR) is 84.1 cm³/mol. The van der Waals surface area contributed by atoms with Crippen LogP contribution >= 0.6 is 0 Å². The summed E-state index contributed by atoms with van der Waals surface area (Å²) in [5.41, 5.74) is 1.03. The highest BCUT2D eigenvalue weighted by atomic mass is 16.6. The first-order valence-corrected chi connectivity index (χ1v) is 7.94. The SMILES string of the molecule is CCN(CC)C1CCN(C(=O)OCc2ccccc2)CC1. The standard InChI is InChI=1S/C17H26N2O2/c1-3-18(4-2)16-10-12-19(13-11-16)17(20)21-14-15-8-6-5-7-9-15/h5-9,16H,3-4,10-14H2,1-2H3. The largest absolute Gasteiger partial charge is 0.445 e. The number of hydrogen-bond donors (Lipinski definition) is 0. The number of likely N-dealkylation sites (tertiary alicyclic amines) is 1. The molecule has 116 valence electrons. The molecule has 0 N–H and O–H groups in total. The van der Waals surface area contributed by atoms with Gasteiger partial charge in [-0.15, -0.1) is 0 Å². The second-order valence-electron chi connectivity index (χ2n) is 5.48. The van der Waals surface area contributed by atoms with Crippen molar-refractivity contribution in [2.24, 2.45) is 0 Å². The van der Waals surface area contributed by atoms with Crippen molar-refractivity contribution in [1.82, 2.24) is 9.80 Å². The normalized spacial score (nSPS) is 16.2. The van der Waals surface area contributed by atoms with Crippen molar-refractivity contribution >= 4 is 6.09 Å². The smallest absolute Gasteiger partial charge is 0.410 e. The summed E-state index contributed by atoms with van der Waals surface area (Å²) in [5, 5.41) is 0. The van der Waals surface area contributed by atoms with Crippen LogP contribution in [0, 0.1) is 0 Å². The van der Waals surface area contributed by atoms with Crippen LogP contribution in [0.3, 0.4) is 0 Å². The molecule has 2 rings (SSSR count).